The second kappa shape index (κ2) is 6.48. The summed E-state index contributed by atoms with van der Waals surface area (Å²) < 4.78 is 27.0. The number of nitrogen functional groups attached to an aromatic ring is 1. The van der Waals surface area contributed by atoms with Crippen LogP contribution in [0.15, 0.2) is 46.2 Å². The van der Waals surface area contributed by atoms with E-state index in [0.29, 0.717) is 4.47 Å². The Hall–Kier alpha value is -1.55. The summed E-state index contributed by atoms with van der Waals surface area (Å²) in [5.41, 5.74) is 3.08. The smallest absolute Gasteiger partial charge is 0.246 e. The second-order valence-electron chi connectivity index (χ2n) is 4.27. The zero-order valence-corrected chi connectivity index (χ0v) is 13.6. The Morgan fingerprint density at radius 1 is 1.43 bits per heavy atom. The second-order valence-corrected chi connectivity index (χ2v) is 7.20. The third kappa shape index (κ3) is 3.56. The van der Waals surface area contributed by atoms with Crippen LogP contribution in [0.2, 0.25) is 0 Å². The average Bonchev–Trinajstić information content (AvgIpc) is 2.48. The minimum atomic E-state index is -3.73. The lowest BCUT2D eigenvalue weighted by Crippen LogP contribution is -2.28. The van der Waals surface area contributed by atoms with Crippen molar-refractivity contribution in [2.24, 2.45) is 5.84 Å². The van der Waals surface area contributed by atoms with Crippen molar-refractivity contribution in [2.45, 2.75) is 11.4 Å². The van der Waals surface area contributed by atoms with Crippen molar-refractivity contribution >= 4 is 31.8 Å². The Balaban J connectivity index is 2.35. The summed E-state index contributed by atoms with van der Waals surface area (Å²) in [5, 5.41) is 0. The van der Waals surface area contributed by atoms with E-state index in [9.17, 15) is 8.42 Å². The maximum Gasteiger partial charge on any atom is 0.246 e. The normalized spacial score (nSPS) is 11.6. The molecular formula is C12H14BrN5O2S. The van der Waals surface area contributed by atoms with Gasteiger partial charge in [0.25, 0.3) is 0 Å². The molecule has 0 spiro atoms. The molecule has 0 saturated carbocycles. The Bertz CT molecular complexity index is 724. The highest BCUT2D eigenvalue weighted by atomic mass is 79.9. The summed E-state index contributed by atoms with van der Waals surface area (Å²) >= 11 is 3.21. The number of hydrogen-bond donors (Lipinski definition) is 2. The highest BCUT2D eigenvalue weighted by molar-refractivity contribution is 9.10. The van der Waals surface area contributed by atoms with Crippen molar-refractivity contribution in [3.05, 3.63) is 46.8 Å². The number of pyridine rings is 2. The fraction of sp³-hybridized carbons (Fsp3) is 0.167. The summed E-state index contributed by atoms with van der Waals surface area (Å²) in [6.07, 6.45) is 4.72. The first-order valence-electron chi connectivity index (χ1n) is 5.92. The molecule has 0 aliphatic carbocycles. The molecule has 2 heterocycles. The fourth-order valence-corrected chi connectivity index (χ4v) is 3.50. The number of nitrogens with two attached hydrogens (primary N) is 1. The van der Waals surface area contributed by atoms with Gasteiger partial charge in [0.1, 0.15) is 4.90 Å². The van der Waals surface area contributed by atoms with Gasteiger partial charge in [-0.3, -0.25) is 4.98 Å². The lowest BCUT2D eigenvalue weighted by molar-refractivity contribution is 0.466. The van der Waals surface area contributed by atoms with E-state index in [1.807, 2.05) is 0 Å². The molecular weight excluding hydrogens is 358 g/mol. The Labute approximate surface area is 131 Å². The van der Waals surface area contributed by atoms with Crippen molar-refractivity contribution in [1.82, 2.24) is 14.3 Å². The third-order valence-electron chi connectivity index (χ3n) is 2.77. The Kier molecular flexibility index (Phi) is 4.88. The standard InChI is InChI=1S/C12H14BrN5O2S/c1-18(8-9-3-2-4-15-6-9)21(19,20)11-5-10(13)7-16-12(11)17-14/h2-7H,8,14H2,1H3,(H,16,17). The molecule has 2 aromatic heterocycles. The summed E-state index contributed by atoms with van der Waals surface area (Å²) in [7, 11) is -2.24. The van der Waals surface area contributed by atoms with Gasteiger partial charge in [-0.1, -0.05) is 6.07 Å². The first kappa shape index (κ1) is 15.8. The number of halogens is 1. The maximum atomic E-state index is 12.6. The molecule has 0 amide bonds. The van der Waals surface area contributed by atoms with E-state index in [2.05, 4.69) is 31.3 Å². The zero-order chi connectivity index (χ0) is 15.5. The SMILES string of the molecule is CN(Cc1cccnc1)S(=O)(=O)c1cc(Br)cnc1NN. The number of anilines is 1. The Morgan fingerprint density at radius 2 is 2.19 bits per heavy atom. The van der Waals surface area contributed by atoms with Crippen LogP contribution in [-0.4, -0.2) is 29.7 Å². The van der Waals surface area contributed by atoms with Gasteiger partial charge in [-0.2, -0.15) is 4.31 Å². The van der Waals surface area contributed by atoms with Crippen LogP contribution in [0.5, 0.6) is 0 Å². The van der Waals surface area contributed by atoms with E-state index >= 15 is 0 Å². The summed E-state index contributed by atoms with van der Waals surface area (Å²) in [6.45, 7) is 0.201. The predicted octanol–water partition coefficient (Wildman–Crippen LogP) is 1.35. The van der Waals surface area contributed by atoms with Crippen molar-refractivity contribution < 1.29 is 8.42 Å². The minimum Gasteiger partial charge on any atom is -0.307 e. The van der Waals surface area contributed by atoms with E-state index in [4.69, 9.17) is 5.84 Å². The maximum absolute atomic E-state index is 12.6. The molecule has 3 N–H and O–H groups in total. The van der Waals surface area contributed by atoms with Crippen molar-refractivity contribution in [3.63, 3.8) is 0 Å². The number of nitrogens with one attached hydrogen (secondary N) is 1. The van der Waals surface area contributed by atoms with Crippen LogP contribution in [0.4, 0.5) is 5.82 Å². The van der Waals surface area contributed by atoms with Crippen LogP contribution in [0.1, 0.15) is 5.56 Å². The van der Waals surface area contributed by atoms with Crippen molar-refractivity contribution in [3.8, 4) is 0 Å². The molecule has 0 aliphatic rings. The fourth-order valence-electron chi connectivity index (χ4n) is 1.73. The molecule has 0 unspecified atom stereocenters. The van der Waals surface area contributed by atoms with Crippen LogP contribution in [0, 0.1) is 0 Å². The predicted molar refractivity (Wildman–Crippen MR) is 82.6 cm³/mol. The minimum absolute atomic E-state index is 0.00534. The molecule has 112 valence electrons. The van der Waals surface area contributed by atoms with Crippen LogP contribution in [0.3, 0.4) is 0 Å². The van der Waals surface area contributed by atoms with Gasteiger partial charge in [0.05, 0.1) is 0 Å². The molecule has 2 aromatic rings. The molecule has 0 saturated heterocycles. The lowest BCUT2D eigenvalue weighted by Gasteiger charge is -2.18. The number of hydrazine groups is 1. The van der Waals surface area contributed by atoms with Gasteiger partial charge >= 0.3 is 0 Å². The average molecular weight is 372 g/mol. The molecule has 9 heteroatoms. The lowest BCUT2D eigenvalue weighted by atomic mass is 10.3. The van der Waals surface area contributed by atoms with Gasteiger partial charge in [-0.05, 0) is 33.6 Å². The van der Waals surface area contributed by atoms with E-state index in [0.717, 1.165) is 5.56 Å². The van der Waals surface area contributed by atoms with Crippen molar-refractivity contribution in [1.29, 1.82) is 0 Å². The van der Waals surface area contributed by atoms with Gasteiger partial charge in [-0.25, -0.2) is 19.2 Å². The highest BCUT2D eigenvalue weighted by Crippen LogP contribution is 2.25. The number of aromatic nitrogens is 2. The summed E-state index contributed by atoms with van der Waals surface area (Å²) in [6, 6.07) is 5.01. The number of rotatable bonds is 5. The quantitative estimate of drug-likeness (QED) is 0.607. The summed E-state index contributed by atoms with van der Waals surface area (Å²) in [5.74, 6) is 5.42. The van der Waals surface area contributed by atoms with Gasteiger partial charge in [0.2, 0.25) is 10.0 Å². The molecule has 0 bridgehead atoms. The van der Waals surface area contributed by atoms with E-state index in [1.54, 1.807) is 24.5 Å². The molecule has 2 rings (SSSR count). The highest BCUT2D eigenvalue weighted by Gasteiger charge is 2.25. The molecule has 0 aliphatic heterocycles. The topological polar surface area (TPSA) is 101 Å². The number of hydrogen-bond acceptors (Lipinski definition) is 6. The molecule has 0 aromatic carbocycles. The Morgan fingerprint density at radius 3 is 2.81 bits per heavy atom. The zero-order valence-electron chi connectivity index (χ0n) is 11.2. The molecule has 7 nitrogen and oxygen atoms in total. The first-order chi connectivity index (χ1) is 9.95. The van der Waals surface area contributed by atoms with Gasteiger partial charge < -0.3 is 5.43 Å². The van der Waals surface area contributed by atoms with Crippen LogP contribution in [0.25, 0.3) is 0 Å². The van der Waals surface area contributed by atoms with Crippen molar-refractivity contribution in [2.75, 3.05) is 12.5 Å². The third-order valence-corrected chi connectivity index (χ3v) is 5.02. The van der Waals surface area contributed by atoms with Gasteiger partial charge in [-0.15, -0.1) is 0 Å². The molecule has 0 radical (unpaired) electrons. The van der Waals surface area contributed by atoms with E-state index < -0.39 is 10.0 Å². The first-order valence-corrected chi connectivity index (χ1v) is 8.16. The molecule has 0 atom stereocenters. The molecule has 0 fully saturated rings. The summed E-state index contributed by atoms with van der Waals surface area (Å²) in [4.78, 5) is 7.92. The largest absolute Gasteiger partial charge is 0.307 e. The van der Waals surface area contributed by atoms with Crippen LogP contribution >= 0.6 is 15.9 Å². The van der Waals surface area contributed by atoms with Crippen LogP contribution in [-0.2, 0) is 16.6 Å². The van der Waals surface area contributed by atoms with E-state index in [1.165, 1.54) is 23.6 Å². The molecule has 21 heavy (non-hydrogen) atoms. The number of nitrogens with zero attached hydrogens (tertiary/aromatic N) is 3. The van der Waals surface area contributed by atoms with Crippen LogP contribution < -0.4 is 11.3 Å². The number of sulfonamides is 1. The van der Waals surface area contributed by atoms with Gasteiger partial charge in [0.15, 0.2) is 5.82 Å². The van der Waals surface area contributed by atoms with Gasteiger partial charge in [0, 0.05) is 36.7 Å². The monoisotopic (exact) mass is 371 g/mol. The van der Waals surface area contributed by atoms with E-state index in [-0.39, 0.29) is 17.3 Å².